The fourth-order valence-electron chi connectivity index (χ4n) is 2.47. The zero-order valence-corrected chi connectivity index (χ0v) is 11.6. The molecule has 0 aromatic heterocycles. The highest BCUT2D eigenvalue weighted by atomic mass is 16.5. The molecule has 1 aliphatic heterocycles. The first kappa shape index (κ1) is 14.3. The summed E-state index contributed by atoms with van der Waals surface area (Å²) in [5.41, 5.74) is 8.29. The Bertz CT molecular complexity index is 364. The van der Waals surface area contributed by atoms with Crippen molar-refractivity contribution in [2.24, 2.45) is 5.73 Å². The van der Waals surface area contributed by atoms with Gasteiger partial charge in [-0.05, 0) is 31.0 Å². The number of nitrogens with one attached hydrogen (secondary N) is 1. The maximum Gasteiger partial charge on any atom is 0.0642 e. The second kappa shape index (κ2) is 8.15. The van der Waals surface area contributed by atoms with Gasteiger partial charge in [0, 0.05) is 31.9 Å². The summed E-state index contributed by atoms with van der Waals surface area (Å²) in [6, 6.07) is 8.73. The van der Waals surface area contributed by atoms with E-state index in [2.05, 4.69) is 34.5 Å². The molecule has 3 N–H and O–H groups in total. The second-order valence-electron chi connectivity index (χ2n) is 4.87. The molecular weight excluding hydrogens is 238 g/mol. The Morgan fingerprint density at radius 3 is 2.74 bits per heavy atom. The number of hydrogen-bond acceptors (Lipinski definition) is 4. The number of morpholine rings is 1. The molecule has 0 amide bonds. The Balaban J connectivity index is 1.88. The Hall–Kier alpha value is -1.10. The third kappa shape index (κ3) is 4.49. The van der Waals surface area contributed by atoms with Gasteiger partial charge in [-0.15, -0.1) is 0 Å². The van der Waals surface area contributed by atoms with Crippen molar-refractivity contribution in [2.45, 2.75) is 12.8 Å². The van der Waals surface area contributed by atoms with E-state index in [4.69, 9.17) is 10.5 Å². The van der Waals surface area contributed by atoms with Gasteiger partial charge in [-0.3, -0.25) is 0 Å². The van der Waals surface area contributed by atoms with Gasteiger partial charge in [0.25, 0.3) is 0 Å². The van der Waals surface area contributed by atoms with Crippen LogP contribution in [0.5, 0.6) is 0 Å². The van der Waals surface area contributed by atoms with Crippen LogP contribution in [-0.4, -0.2) is 45.9 Å². The van der Waals surface area contributed by atoms with Crippen molar-refractivity contribution >= 4 is 5.69 Å². The van der Waals surface area contributed by atoms with Crippen LogP contribution >= 0.6 is 0 Å². The van der Waals surface area contributed by atoms with Crippen LogP contribution in [0.25, 0.3) is 0 Å². The summed E-state index contributed by atoms with van der Waals surface area (Å²) in [7, 11) is 0. The summed E-state index contributed by atoms with van der Waals surface area (Å²) < 4.78 is 5.42. The van der Waals surface area contributed by atoms with Crippen molar-refractivity contribution in [3.8, 4) is 0 Å². The third-order valence-electron chi connectivity index (χ3n) is 3.46. The number of para-hydroxylation sites is 1. The van der Waals surface area contributed by atoms with Gasteiger partial charge in [-0.25, -0.2) is 0 Å². The first-order valence-corrected chi connectivity index (χ1v) is 7.23. The zero-order valence-electron chi connectivity index (χ0n) is 11.6. The molecule has 19 heavy (non-hydrogen) atoms. The Morgan fingerprint density at radius 2 is 1.95 bits per heavy atom. The third-order valence-corrected chi connectivity index (χ3v) is 3.46. The topological polar surface area (TPSA) is 50.5 Å². The number of anilines is 1. The van der Waals surface area contributed by atoms with Gasteiger partial charge in [-0.2, -0.15) is 0 Å². The Labute approximate surface area is 115 Å². The molecule has 0 aliphatic carbocycles. The SMILES string of the molecule is NCCNCCCc1ccccc1N1CCOCC1. The number of nitrogens with two attached hydrogens (primary N) is 1. The van der Waals surface area contributed by atoms with Gasteiger partial charge < -0.3 is 20.7 Å². The minimum Gasteiger partial charge on any atom is -0.378 e. The molecule has 0 radical (unpaired) electrons. The molecule has 0 atom stereocenters. The molecule has 1 aromatic rings. The van der Waals surface area contributed by atoms with E-state index in [1.165, 1.54) is 11.3 Å². The first-order valence-electron chi connectivity index (χ1n) is 7.23. The van der Waals surface area contributed by atoms with Crippen molar-refractivity contribution < 1.29 is 4.74 Å². The van der Waals surface area contributed by atoms with Crippen molar-refractivity contribution in [2.75, 3.05) is 50.8 Å². The monoisotopic (exact) mass is 263 g/mol. The van der Waals surface area contributed by atoms with Gasteiger partial charge in [0.2, 0.25) is 0 Å². The Kier molecular flexibility index (Phi) is 6.14. The lowest BCUT2D eigenvalue weighted by atomic mass is 10.1. The maximum absolute atomic E-state index is 5.46. The lowest BCUT2D eigenvalue weighted by Crippen LogP contribution is -2.36. The highest BCUT2D eigenvalue weighted by molar-refractivity contribution is 5.54. The molecule has 1 saturated heterocycles. The fraction of sp³-hybridized carbons (Fsp3) is 0.600. The summed E-state index contributed by atoms with van der Waals surface area (Å²) >= 11 is 0. The van der Waals surface area contributed by atoms with E-state index >= 15 is 0 Å². The van der Waals surface area contributed by atoms with E-state index in [1.807, 2.05) is 0 Å². The molecule has 1 aliphatic rings. The number of rotatable bonds is 7. The predicted molar refractivity (Wildman–Crippen MR) is 79.7 cm³/mol. The minimum absolute atomic E-state index is 0.713. The largest absolute Gasteiger partial charge is 0.378 e. The van der Waals surface area contributed by atoms with Gasteiger partial charge in [0.1, 0.15) is 0 Å². The number of ether oxygens (including phenoxy) is 1. The number of benzene rings is 1. The summed E-state index contributed by atoms with van der Waals surface area (Å²) in [6.45, 7) is 6.34. The van der Waals surface area contributed by atoms with Crippen LogP contribution in [0.1, 0.15) is 12.0 Å². The summed E-state index contributed by atoms with van der Waals surface area (Å²) in [6.07, 6.45) is 2.27. The zero-order chi connectivity index (χ0) is 13.3. The highest BCUT2D eigenvalue weighted by Crippen LogP contribution is 2.22. The normalized spacial score (nSPS) is 15.7. The van der Waals surface area contributed by atoms with E-state index in [1.54, 1.807) is 0 Å². The average molecular weight is 263 g/mol. The van der Waals surface area contributed by atoms with Crippen LogP contribution in [0.3, 0.4) is 0 Å². The summed E-state index contributed by atoms with van der Waals surface area (Å²) in [5, 5.41) is 3.35. The van der Waals surface area contributed by atoms with Crippen LogP contribution in [-0.2, 0) is 11.2 Å². The maximum atomic E-state index is 5.46. The van der Waals surface area contributed by atoms with E-state index in [9.17, 15) is 0 Å². The molecule has 2 rings (SSSR count). The molecule has 0 unspecified atom stereocenters. The summed E-state index contributed by atoms with van der Waals surface area (Å²) in [5.74, 6) is 0. The standard InChI is InChI=1S/C15H25N3O/c16-7-9-17-8-3-5-14-4-1-2-6-15(14)18-10-12-19-13-11-18/h1-2,4,6,17H,3,5,7-13,16H2. The van der Waals surface area contributed by atoms with Crippen LogP contribution in [0, 0.1) is 0 Å². The molecular formula is C15H25N3O. The van der Waals surface area contributed by atoms with Crippen molar-refractivity contribution in [1.29, 1.82) is 0 Å². The molecule has 1 heterocycles. The van der Waals surface area contributed by atoms with E-state index in [0.717, 1.165) is 52.2 Å². The lowest BCUT2D eigenvalue weighted by Gasteiger charge is -2.30. The van der Waals surface area contributed by atoms with Crippen LogP contribution in [0.15, 0.2) is 24.3 Å². The quantitative estimate of drug-likeness (QED) is 0.721. The summed E-state index contributed by atoms with van der Waals surface area (Å²) in [4.78, 5) is 2.44. The Morgan fingerprint density at radius 1 is 1.16 bits per heavy atom. The van der Waals surface area contributed by atoms with E-state index in [-0.39, 0.29) is 0 Å². The molecule has 0 saturated carbocycles. The molecule has 106 valence electrons. The smallest absolute Gasteiger partial charge is 0.0642 e. The molecule has 4 nitrogen and oxygen atoms in total. The predicted octanol–water partition coefficient (Wildman–Crippen LogP) is 1.00. The number of hydrogen-bond donors (Lipinski definition) is 2. The fourth-order valence-corrected chi connectivity index (χ4v) is 2.47. The average Bonchev–Trinajstić information content (AvgIpc) is 2.48. The van der Waals surface area contributed by atoms with Gasteiger partial charge in [0.05, 0.1) is 13.2 Å². The minimum atomic E-state index is 0.713. The van der Waals surface area contributed by atoms with E-state index < -0.39 is 0 Å². The molecule has 1 aromatic carbocycles. The van der Waals surface area contributed by atoms with Crippen molar-refractivity contribution in [3.63, 3.8) is 0 Å². The molecule has 0 spiro atoms. The highest BCUT2D eigenvalue weighted by Gasteiger charge is 2.13. The van der Waals surface area contributed by atoms with Gasteiger partial charge in [0.15, 0.2) is 0 Å². The van der Waals surface area contributed by atoms with Crippen LogP contribution in [0.4, 0.5) is 5.69 Å². The number of aryl methyl sites for hydroxylation is 1. The molecule has 4 heteroatoms. The molecule has 0 bridgehead atoms. The van der Waals surface area contributed by atoms with Crippen LogP contribution in [0.2, 0.25) is 0 Å². The van der Waals surface area contributed by atoms with E-state index in [0.29, 0.717) is 6.54 Å². The van der Waals surface area contributed by atoms with Gasteiger partial charge >= 0.3 is 0 Å². The van der Waals surface area contributed by atoms with Crippen molar-refractivity contribution in [3.05, 3.63) is 29.8 Å². The van der Waals surface area contributed by atoms with Crippen LogP contribution < -0.4 is 16.0 Å². The molecule has 1 fully saturated rings. The second-order valence-corrected chi connectivity index (χ2v) is 4.87. The number of nitrogens with zero attached hydrogens (tertiary/aromatic N) is 1. The lowest BCUT2D eigenvalue weighted by molar-refractivity contribution is 0.122. The van der Waals surface area contributed by atoms with Gasteiger partial charge in [-0.1, -0.05) is 18.2 Å². The van der Waals surface area contributed by atoms with Crippen molar-refractivity contribution in [1.82, 2.24) is 5.32 Å². The first-order chi connectivity index (χ1) is 9.42.